The Bertz CT molecular complexity index is 358. The maximum absolute atomic E-state index is 12.9. The normalized spacial score (nSPS) is 20.9. The number of nitrogens with one attached hydrogen (secondary N) is 1. The van der Waals surface area contributed by atoms with Crippen molar-refractivity contribution in [3.05, 3.63) is 29.6 Å². The molecule has 1 amide bonds. The largest absolute Gasteiger partial charge is 0.508 e. The van der Waals surface area contributed by atoms with Crippen LogP contribution in [0.5, 0.6) is 5.75 Å². The van der Waals surface area contributed by atoms with Crippen LogP contribution in [-0.2, 0) is 4.79 Å². The van der Waals surface area contributed by atoms with Crippen LogP contribution in [0.2, 0.25) is 0 Å². The third kappa shape index (κ3) is 1.69. The van der Waals surface area contributed by atoms with Crippen LogP contribution in [0.3, 0.4) is 0 Å². The highest BCUT2D eigenvalue weighted by atomic mass is 19.1. The Labute approximate surface area is 80.6 Å². The predicted molar refractivity (Wildman–Crippen MR) is 48.4 cm³/mol. The number of aromatic hydroxyl groups is 1. The van der Waals surface area contributed by atoms with Gasteiger partial charge in [-0.15, -0.1) is 0 Å². The highest BCUT2D eigenvalue weighted by Crippen LogP contribution is 2.26. The summed E-state index contributed by atoms with van der Waals surface area (Å²) in [7, 11) is 0. The van der Waals surface area contributed by atoms with Crippen LogP contribution >= 0.6 is 0 Å². The van der Waals surface area contributed by atoms with Crippen LogP contribution in [-0.4, -0.2) is 17.6 Å². The smallest absolute Gasteiger partial charge is 0.220 e. The third-order valence-corrected chi connectivity index (χ3v) is 2.35. The molecule has 74 valence electrons. The van der Waals surface area contributed by atoms with Gasteiger partial charge in [0.25, 0.3) is 0 Å². The minimum atomic E-state index is -0.473. The molecule has 0 radical (unpaired) electrons. The van der Waals surface area contributed by atoms with Crippen molar-refractivity contribution >= 4 is 5.91 Å². The van der Waals surface area contributed by atoms with E-state index in [-0.39, 0.29) is 17.6 Å². The van der Waals surface area contributed by atoms with Gasteiger partial charge in [0.15, 0.2) is 0 Å². The van der Waals surface area contributed by atoms with Crippen LogP contribution < -0.4 is 5.32 Å². The second kappa shape index (κ2) is 3.29. The van der Waals surface area contributed by atoms with Crippen molar-refractivity contribution in [3.63, 3.8) is 0 Å². The molecule has 0 aliphatic carbocycles. The number of halogens is 1. The lowest BCUT2D eigenvalue weighted by molar-refractivity contribution is -0.119. The Morgan fingerprint density at radius 1 is 1.43 bits per heavy atom. The van der Waals surface area contributed by atoms with Crippen molar-refractivity contribution in [1.29, 1.82) is 0 Å². The highest BCUT2D eigenvalue weighted by molar-refractivity contribution is 5.79. The number of rotatable bonds is 1. The Kier molecular flexibility index (Phi) is 2.11. The summed E-state index contributed by atoms with van der Waals surface area (Å²) >= 11 is 0. The van der Waals surface area contributed by atoms with Crippen molar-refractivity contribution in [2.75, 3.05) is 6.54 Å². The molecule has 2 rings (SSSR count). The Hall–Kier alpha value is -1.58. The lowest BCUT2D eigenvalue weighted by Gasteiger charge is -2.07. The first kappa shape index (κ1) is 8.99. The summed E-state index contributed by atoms with van der Waals surface area (Å²) in [4.78, 5) is 10.9. The molecule has 0 saturated carbocycles. The second-order valence-corrected chi connectivity index (χ2v) is 3.45. The molecule has 1 atom stereocenters. The quantitative estimate of drug-likeness (QED) is 0.705. The first-order valence-corrected chi connectivity index (χ1v) is 4.41. The first-order valence-electron chi connectivity index (χ1n) is 4.41. The maximum Gasteiger partial charge on any atom is 0.220 e. The number of hydrogen-bond acceptors (Lipinski definition) is 2. The van der Waals surface area contributed by atoms with Crippen LogP contribution in [0.4, 0.5) is 4.39 Å². The first-order chi connectivity index (χ1) is 6.65. The van der Waals surface area contributed by atoms with Crippen molar-refractivity contribution in [2.45, 2.75) is 12.3 Å². The van der Waals surface area contributed by atoms with Gasteiger partial charge in [0.2, 0.25) is 5.91 Å². The van der Waals surface area contributed by atoms with Gasteiger partial charge in [-0.2, -0.15) is 0 Å². The van der Waals surface area contributed by atoms with E-state index in [9.17, 15) is 14.3 Å². The van der Waals surface area contributed by atoms with E-state index < -0.39 is 5.82 Å². The minimum Gasteiger partial charge on any atom is -0.508 e. The molecule has 2 N–H and O–H groups in total. The molecular formula is C10H10FNO2. The van der Waals surface area contributed by atoms with Crippen LogP contribution in [0.25, 0.3) is 0 Å². The monoisotopic (exact) mass is 195 g/mol. The summed E-state index contributed by atoms with van der Waals surface area (Å²) in [5.74, 6) is -0.624. The summed E-state index contributed by atoms with van der Waals surface area (Å²) in [5, 5.41) is 11.8. The van der Waals surface area contributed by atoms with E-state index >= 15 is 0 Å². The van der Waals surface area contributed by atoms with Gasteiger partial charge in [0.05, 0.1) is 0 Å². The molecule has 1 aliphatic heterocycles. The zero-order valence-electron chi connectivity index (χ0n) is 7.46. The zero-order chi connectivity index (χ0) is 10.1. The Morgan fingerprint density at radius 3 is 2.79 bits per heavy atom. The van der Waals surface area contributed by atoms with E-state index in [1.54, 1.807) is 0 Å². The lowest BCUT2D eigenvalue weighted by atomic mass is 9.98. The molecule has 1 saturated heterocycles. The molecule has 1 aromatic carbocycles. The molecule has 4 heteroatoms. The fourth-order valence-corrected chi connectivity index (χ4v) is 1.67. The van der Waals surface area contributed by atoms with Gasteiger partial charge < -0.3 is 10.4 Å². The molecule has 1 fully saturated rings. The molecular weight excluding hydrogens is 185 g/mol. The van der Waals surface area contributed by atoms with Gasteiger partial charge in [-0.1, -0.05) is 0 Å². The molecule has 14 heavy (non-hydrogen) atoms. The van der Waals surface area contributed by atoms with E-state index in [0.717, 1.165) is 6.07 Å². The molecule has 1 aliphatic rings. The molecule has 3 nitrogen and oxygen atoms in total. The van der Waals surface area contributed by atoms with Crippen LogP contribution in [0.1, 0.15) is 17.9 Å². The predicted octanol–water partition coefficient (Wildman–Crippen LogP) is 1.13. The molecule has 0 aromatic heterocycles. The van der Waals surface area contributed by atoms with Crippen molar-refractivity contribution in [2.24, 2.45) is 0 Å². The maximum atomic E-state index is 12.9. The average molecular weight is 195 g/mol. The summed E-state index contributed by atoms with van der Waals surface area (Å²) in [6.07, 6.45) is 0.364. The summed E-state index contributed by atoms with van der Waals surface area (Å²) in [6.45, 7) is 0.516. The SMILES string of the molecule is O=C1CC(c2cc(O)cc(F)c2)CN1. The third-order valence-electron chi connectivity index (χ3n) is 2.35. The number of phenols is 1. The molecule has 1 heterocycles. The Balaban J connectivity index is 2.27. The van der Waals surface area contributed by atoms with E-state index in [1.165, 1.54) is 12.1 Å². The van der Waals surface area contributed by atoms with E-state index in [2.05, 4.69) is 5.32 Å². The summed E-state index contributed by atoms with van der Waals surface area (Å²) < 4.78 is 12.9. The number of benzene rings is 1. The van der Waals surface area contributed by atoms with Gasteiger partial charge in [-0.3, -0.25) is 4.79 Å². The van der Waals surface area contributed by atoms with Gasteiger partial charge in [0.1, 0.15) is 11.6 Å². The van der Waals surface area contributed by atoms with E-state index in [1.807, 2.05) is 0 Å². The van der Waals surface area contributed by atoms with Gasteiger partial charge in [-0.05, 0) is 17.7 Å². The van der Waals surface area contributed by atoms with Crippen molar-refractivity contribution < 1.29 is 14.3 Å². The average Bonchev–Trinajstić information content (AvgIpc) is 2.50. The van der Waals surface area contributed by atoms with E-state index in [4.69, 9.17) is 0 Å². The number of phenolic OH excluding ortho intramolecular Hbond substituents is 1. The second-order valence-electron chi connectivity index (χ2n) is 3.45. The lowest BCUT2D eigenvalue weighted by Crippen LogP contribution is -2.13. The van der Waals surface area contributed by atoms with Crippen LogP contribution in [0, 0.1) is 5.82 Å². The fourth-order valence-electron chi connectivity index (χ4n) is 1.67. The van der Waals surface area contributed by atoms with Gasteiger partial charge in [0, 0.05) is 24.9 Å². The number of amides is 1. The summed E-state index contributed by atoms with van der Waals surface area (Å²) in [5.41, 5.74) is 0.667. The van der Waals surface area contributed by atoms with Crippen molar-refractivity contribution in [1.82, 2.24) is 5.32 Å². The molecule has 0 spiro atoms. The van der Waals surface area contributed by atoms with Gasteiger partial charge >= 0.3 is 0 Å². The highest BCUT2D eigenvalue weighted by Gasteiger charge is 2.23. The number of carbonyl (C=O) groups excluding carboxylic acids is 1. The zero-order valence-corrected chi connectivity index (χ0v) is 7.46. The number of hydrogen-bond donors (Lipinski definition) is 2. The molecule has 1 aromatic rings. The van der Waals surface area contributed by atoms with Crippen molar-refractivity contribution in [3.8, 4) is 5.75 Å². The minimum absolute atomic E-state index is 0.0240. The van der Waals surface area contributed by atoms with E-state index in [0.29, 0.717) is 18.5 Å². The Morgan fingerprint density at radius 2 is 2.21 bits per heavy atom. The summed E-state index contributed by atoms with van der Waals surface area (Å²) in [6, 6.07) is 3.90. The molecule has 1 unspecified atom stereocenters. The topological polar surface area (TPSA) is 49.3 Å². The number of carbonyl (C=O) groups is 1. The fraction of sp³-hybridized carbons (Fsp3) is 0.300. The van der Waals surface area contributed by atoms with Crippen LogP contribution in [0.15, 0.2) is 18.2 Å². The van der Waals surface area contributed by atoms with Gasteiger partial charge in [-0.25, -0.2) is 4.39 Å². The molecule has 0 bridgehead atoms. The standard InChI is InChI=1S/C10H10FNO2/c11-8-1-6(2-9(13)4-8)7-3-10(14)12-5-7/h1-2,4,7,13H,3,5H2,(H,12,14).